The summed E-state index contributed by atoms with van der Waals surface area (Å²) in [5.41, 5.74) is 2.20. The fraction of sp³-hybridized carbons (Fsp3) is 0.172. The number of nitrogens with zero attached hydrogens (tertiary/aromatic N) is 1. The van der Waals surface area contributed by atoms with Crippen LogP contribution in [0, 0.1) is 0 Å². The van der Waals surface area contributed by atoms with E-state index >= 15 is 0 Å². The number of phenols is 1. The van der Waals surface area contributed by atoms with Gasteiger partial charge in [0.15, 0.2) is 23.0 Å². The van der Waals surface area contributed by atoms with Gasteiger partial charge in [-0.1, -0.05) is 54.6 Å². The highest BCUT2D eigenvalue weighted by Crippen LogP contribution is 2.39. The molecule has 1 amide bonds. The lowest BCUT2D eigenvalue weighted by Gasteiger charge is -2.27. The lowest BCUT2D eigenvalue weighted by Crippen LogP contribution is -2.33. The van der Waals surface area contributed by atoms with Crippen molar-refractivity contribution >= 4 is 17.8 Å². The summed E-state index contributed by atoms with van der Waals surface area (Å²) in [6.07, 6.45) is 3.43. The second-order valence-electron chi connectivity index (χ2n) is 8.31. The predicted molar refractivity (Wildman–Crippen MR) is 136 cm³/mol. The van der Waals surface area contributed by atoms with Crippen molar-refractivity contribution in [2.24, 2.45) is 0 Å². The molecule has 0 spiro atoms. The van der Waals surface area contributed by atoms with Crippen LogP contribution in [-0.4, -0.2) is 47.6 Å². The van der Waals surface area contributed by atoms with Gasteiger partial charge >= 0.3 is 0 Å². The van der Waals surface area contributed by atoms with Crippen LogP contribution in [0.2, 0.25) is 0 Å². The number of benzene rings is 3. The van der Waals surface area contributed by atoms with Crippen molar-refractivity contribution in [3.05, 3.63) is 107 Å². The smallest absolute Gasteiger partial charge is 0.290 e. The van der Waals surface area contributed by atoms with E-state index in [0.29, 0.717) is 23.5 Å². The minimum atomic E-state index is -0.849. The predicted octanol–water partition coefficient (Wildman–Crippen LogP) is 4.63. The van der Waals surface area contributed by atoms with E-state index in [1.54, 1.807) is 38.5 Å². The number of amides is 1. The van der Waals surface area contributed by atoms with Gasteiger partial charge in [-0.15, -0.1) is 0 Å². The number of rotatable bonds is 9. The first kappa shape index (κ1) is 24.6. The van der Waals surface area contributed by atoms with Crippen LogP contribution in [-0.2, 0) is 16.0 Å². The lowest BCUT2D eigenvalue weighted by atomic mass is 9.95. The van der Waals surface area contributed by atoms with Gasteiger partial charge in [-0.2, -0.15) is 0 Å². The van der Waals surface area contributed by atoms with Crippen LogP contribution in [0.3, 0.4) is 0 Å². The molecule has 0 unspecified atom stereocenters. The Morgan fingerprint density at radius 1 is 0.944 bits per heavy atom. The molecule has 0 fully saturated rings. The Bertz CT molecular complexity index is 1330. The van der Waals surface area contributed by atoms with E-state index in [1.807, 2.05) is 42.5 Å². The molecule has 0 aromatic heterocycles. The van der Waals surface area contributed by atoms with Crippen LogP contribution < -0.4 is 9.47 Å². The fourth-order valence-electron chi connectivity index (χ4n) is 4.29. The Hall–Kier alpha value is -4.52. The number of aromatic hydroxyl groups is 1. The molecular formula is C29H27NO6. The summed E-state index contributed by atoms with van der Waals surface area (Å²) >= 11 is 0. The molecule has 0 saturated heterocycles. The first-order valence-corrected chi connectivity index (χ1v) is 11.4. The number of methoxy groups -OCH3 is 2. The van der Waals surface area contributed by atoms with E-state index in [0.717, 1.165) is 11.1 Å². The molecular weight excluding hydrogens is 458 g/mol. The molecule has 4 rings (SSSR count). The van der Waals surface area contributed by atoms with Crippen molar-refractivity contribution in [1.82, 2.24) is 4.90 Å². The van der Waals surface area contributed by atoms with Gasteiger partial charge in [0.2, 0.25) is 0 Å². The number of hydrogen-bond donors (Lipinski definition) is 2. The Balaban J connectivity index is 1.65. The second-order valence-corrected chi connectivity index (χ2v) is 8.31. The summed E-state index contributed by atoms with van der Waals surface area (Å²) in [5.74, 6) is -0.549. The molecule has 3 aromatic carbocycles. The van der Waals surface area contributed by atoms with Gasteiger partial charge in [-0.25, -0.2) is 0 Å². The zero-order valence-corrected chi connectivity index (χ0v) is 20.0. The van der Waals surface area contributed by atoms with E-state index in [2.05, 4.69) is 0 Å². The number of ketones is 1. The van der Waals surface area contributed by atoms with Gasteiger partial charge < -0.3 is 24.6 Å². The zero-order valence-electron chi connectivity index (χ0n) is 20.0. The van der Waals surface area contributed by atoms with Crippen LogP contribution >= 0.6 is 0 Å². The first-order chi connectivity index (χ1) is 17.4. The monoisotopic (exact) mass is 485 g/mol. The third kappa shape index (κ3) is 5.10. The largest absolute Gasteiger partial charge is 0.508 e. The van der Waals surface area contributed by atoms with E-state index in [-0.39, 0.29) is 17.9 Å². The molecule has 7 heteroatoms. The third-order valence-corrected chi connectivity index (χ3v) is 6.07. The highest BCUT2D eigenvalue weighted by Gasteiger charge is 2.42. The molecule has 184 valence electrons. The van der Waals surface area contributed by atoms with Crippen LogP contribution in [0.15, 0.2) is 90.2 Å². The van der Waals surface area contributed by atoms with Crippen molar-refractivity contribution in [2.75, 3.05) is 20.8 Å². The molecule has 0 aliphatic carbocycles. The number of ether oxygens (including phenoxy) is 2. The van der Waals surface area contributed by atoms with Gasteiger partial charge in [0.25, 0.3) is 5.91 Å². The van der Waals surface area contributed by atoms with E-state index < -0.39 is 23.5 Å². The van der Waals surface area contributed by atoms with Crippen molar-refractivity contribution in [1.29, 1.82) is 0 Å². The molecule has 0 saturated carbocycles. The molecule has 3 aromatic rings. The minimum Gasteiger partial charge on any atom is -0.508 e. The normalized spacial score (nSPS) is 15.6. The summed E-state index contributed by atoms with van der Waals surface area (Å²) in [7, 11) is 3.10. The molecule has 1 aliphatic rings. The minimum absolute atomic E-state index is 0.00203. The number of allylic oxidation sites excluding steroid dienone is 1. The van der Waals surface area contributed by atoms with Crippen molar-refractivity contribution in [3.63, 3.8) is 0 Å². The van der Waals surface area contributed by atoms with Gasteiger partial charge in [0.1, 0.15) is 5.75 Å². The molecule has 1 atom stereocenters. The highest BCUT2D eigenvalue weighted by atomic mass is 16.5. The number of carbonyl (C=O) groups excluding carboxylic acids is 2. The van der Waals surface area contributed by atoms with Crippen molar-refractivity contribution in [2.45, 2.75) is 12.5 Å². The zero-order chi connectivity index (χ0) is 25.7. The summed E-state index contributed by atoms with van der Waals surface area (Å²) in [4.78, 5) is 27.8. The third-order valence-electron chi connectivity index (χ3n) is 6.07. The van der Waals surface area contributed by atoms with Crippen LogP contribution in [0.4, 0.5) is 0 Å². The Morgan fingerprint density at radius 3 is 2.39 bits per heavy atom. The maximum absolute atomic E-state index is 13.2. The van der Waals surface area contributed by atoms with Gasteiger partial charge in [-0.05, 0) is 53.5 Å². The SMILES string of the molecule is COc1ccc(CCN2C(=O)C(O)=C(C(=O)/C=C/c3ccccc3)[C@H]2c2cccc(O)c2)cc1OC. The van der Waals surface area contributed by atoms with Crippen molar-refractivity contribution in [3.8, 4) is 17.2 Å². The Morgan fingerprint density at radius 2 is 1.69 bits per heavy atom. The maximum Gasteiger partial charge on any atom is 0.290 e. The van der Waals surface area contributed by atoms with E-state index in [9.17, 15) is 19.8 Å². The average Bonchev–Trinajstić information content (AvgIpc) is 3.16. The van der Waals surface area contributed by atoms with E-state index in [1.165, 1.54) is 23.1 Å². The Labute approximate surface area is 209 Å². The summed E-state index contributed by atoms with van der Waals surface area (Å²) in [6, 6.07) is 20.3. The van der Waals surface area contributed by atoms with E-state index in [4.69, 9.17) is 9.47 Å². The Kier molecular flexibility index (Phi) is 7.39. The number of aliphatic hydroxyl groups is 1. The van der Waals surface area contributed by atoms with Gasteiger partial charge in [0, 0.05) is 6.54 Å². The van der Waals surface area contributed by atoms with Crippen LogP contribution in [0.25, 0.3) is 6.08 Å². The van der Waals surface area contributed by atoms with Gasteiger partial charge in [-0.3, -0.25) is 9.59 Å². The first-order valence-electron chi connectivity index (χ1n) is 11.4. The molecule has 7 nitrogen and oxygen atoms in total. The number of aliphatic hydroxyl groups excluding tert-OH is 1. The topological polar surface area (TPSA) is 96.3 Å². The standard InChI is InChI=1S/C29H27NO6/c1-35-24-14-12-20(17-25(24)36-2)15-16-30-27(21-9-6-10-22(31)18-21)26(28(33)29(30)34)23(32)13-11-19-7-4-3-5-8-19/h3-14,17-18,27,31,33H,15-16H2,1-2H3/b13-11+/t27-/m1/s1. The lowest BCUT2D eigenvalue weighted by molar-refractivity contribution is -0.129. The summed E-state index contributed by atoms with van der Waals surface area (Å²) < 4.78 is 10.7. The maximum atomic E-state index is 13.2. The van der Waals surface area contributed by atoms with Gasteiger partial charge in [0.05, 0.1) is 25.8 Å². The number of hydrogen-bond acceptors (Lipinski definition) is 6. The quantitative estimate of drug-likeness (QED) is 0.429. The molecule has 1 aliphatic heterocycles. The summed E-state index contributed by atoms with van der Waals surface area (Å²) in [6.45, 7) is 0.220. The average molecular weight is 486 g/mol. The number of phenolic OH excluding ortho intramolecular Hbond substituents is 1. The van der Waals surface area contributed by atoms with Crippen LogP contribution in [0.1, 0.15) is 22.7 Å². The molecule has 1 heterocycles. The number of carbonyl (C=O) groups is 2. The molecule has 0 radical (unpaired) electrons. The molecule has 0 bridgehead atoms. The second kappa shape index (κ2) is 10.8. The fourth-order valence-corrected chi connectivity index (χ4v) is 4.29. The molecule has 36 heavy (non-hydrogen) atoms. The summed E-state index contributed by atoms with van der Waals surface area (Å²) in [5, 5.41) is 20.9. The highest BCUT2D eigenvalue weighted by molar-refractivity contribution is 6.14. The van der Waals surface area contributed by atoms with Crippen molar-refractivity contribution < 1.29 is 29.3 Å². The molecule has 2 N–H and O–H groups in total. The van der Waals surface area contributed by atoms with Crippen LogP contribution in [0.5, 0.6) is 17.2 Å².